The number of hydrogen-bond acceptors (Lipinski definition) is 4. The van der Waals surface area contributed by atoms with Gasteiger partial charge in [0.25, 0.3) is 0 Å². The van der Waals surface area contributed by atoms with Gasteiger partial charge in [0.2, 0.25) is 0 Å². The van der Waals surface area contributed by atoms with Gasteiger partial charge in [-0.3, -0.25) is 0 Å². The van der Waals surface area contributed by atoms with E-state index >= 15 is 0 Å². The van der Waals surface area contributed by atoms with Gasteiger partial charge in [0, 0.05) is 6.42 Å². The zero-order valence-corrected chi connectivity index (χ0v) is 10.9. The smallest absolute Gasteiger partial charge is 0.337 e. The lowest BCUT2D eigenvalue weighted by molar-refractivity contribution is 0.0600. The Morgan fingerprint density at radius 2 is 2.00 bits per heavy atom. The first kappa shape index (κ1) is 12.6. The van der Waals surface area contributed by atoms with Crippen LogP contribution in [0.5, 0.6) is 5.75 Å². The second kappa shape index (κ2) is 6.21. The average Bonchev–Trinajstić information content (AvgIpc) is 2.92. The maximum Gasteiger partial charge on any atom is 0.337 e. The van der Waals surface area contributed by atoms with Crippen LogP contribution >= 0.6 is 11.3 Å². The average molecular weight is 262 g/mol. The van der Waals surface area contributed by atoms with Crippen molar-refractivity contribution >= 4 is 17.3 Å². The monoisotopic (exact) mass is 262 g/mol. The summed E-state index contributed by atoms with van der Waals surface area (Å²) in [5.74, 6) is 0.428. The topological polar surface area (TPSA) is 35.5 Å². The quantitative estimate of drug-likeness (QED) is 0.776. The number of hydrogen-bond donors (Lipinski definition) is 0. The first-order chi connectivity index (χ1) is 8.79. The molecule has 1 aromatic carbocycles. The fourth-order valence-electron chi connectivity index (χ4n) is 1.53. The van der Waals surface area contributed by atoms with Gasteiger partial charge >= 0.3 is 5.97 Å². The lowest BCUT2D eigenvalue weighted by Gasteiger charge is -2.06. The zero-order chi connectivity index (χ0) is 12.8. The molecule has 0 aliphatic rings. The highest BCUT2D eigenvalue weighted by Crippen LogP contribution is 2.14. The Morgan fingerprint density at radius 1 is 1.22 bits per heavy atom. The van der Waals surface area contributed by atoms with E-state index in [1.807, 2.05) is 0 Å². The predicted octanol–water partition coefficient (Wildman–Crippen LogP) is 3.16. The van der Waals surface area contributed by atoms with Crippen molar-refractivity contribution in [3.8, 4) is 5.75 Å². The fraction of sp³-hybridized carbons (Fsp3) is 0.214. The largest absolute Gasteiger partial charge is 0.493 e. The molecule has 0 aliphatic carbocycles. The van der Waals surface area contributed by atoms with Crippen LogP contribution in [-0.2, 0) is 11.2 Å². The van der Waals surface area contributed by atoms with Gasteiger partial charge in [0.15, 0.2) is 0 Å². The number of carbonyl (C=O) groups is 1. The minimum absolute atomic E-state index is 0.333. The van der Waals surface area contributed by atoms with Gasteiger partial charge in [0.05, 0.1) is 19.3 Å². The molecule has 0 atom stereocenters. The minimum atomic E-state index is -0.333. The maximum absolute atomic E-state index is 11.2. The van der Waals surface area contributed by atoms with Crippen LogP contribution in [0.1, 0.15) is 15.9 Å². The van der Waals surface area contributed by atoms with Crippen molar-refractivity contribution in [2.45, 2.75) is 6.42 Å². The number of rotatable bonds is 5. The lowest BCUT2D eigenvalue weighted by atomic mass is 10.2. The minimum Gasteiger partial charge on any atom is -0.493 e. The third kappa shape index (κ3) is 3.34. The van der Waals surface area contributed by atoms with Gasteiger partial charge < -0.3 is 9.47 Å². The number of esters is 1. The Kier molecular flexibility index (Phi) is 4.36. The van der Waals surface area contributed by atoms with E-state index < -0.39 is 0 Å². The van der Waals surface area contributed by atoms with Crippen LogP contribution in [-0.4, -0.2) is 19.7 Å². The van der Waals surface area contributed by atoms with Crippen molar-refractivity contribution in [2.24, 2.45) is 0 Å². The van der Waals surface area contributed by atoms with E-state index in [0.29, 0.717) is 12.2 Å². The number of benzene rings is 1. The Morgan fingerprint density at radius 3 is 2.61 bits per heavy atom. The molecule has 94 valence electrons. The van der Waals surface area contributed by atoms with E-state index in [9.17, 15) is 4.79 Å². The summed E-state index contributed by atoms with van der Waals surface area (Å²) in [6.07, 6.45) is 0.891. The highest BCUT2D eigenvalue weighted by atomic mass is 32.1. The first-order valence-electron chi connectivity index (χ1n) is 5.62. The van der Waals surface area contributed by atoms with E-state index in [2.05, 4.69) is 21.6 Å². The Labute approximate surface area is 110 Å². The van der Waals surface area contributed by atoms with Crippen molar-refractivity contribution in [3.63, 3.8) is 0 Å². The molecule has 2 rings (SSSR count). The molecule has 4 heteroatoms. The molecule has 0 radical (unpaired) electrons. The molecule has 2 aromatic rings. The summed E-state index contributed by atoms with van der Waals surface area (Å²) in [6.45, 7) is 0.633. The van der Waals surface area contributed by atoms with Crippen LogP contribution in [0, 0.1) is 0 Å². The Hall–Kier alpha value is -1.81. The molecule has 0 saturated carbocycles. The molecule has 18 heavy (non-hydrogen) atoms. The normalized spacial score (nSPS) is 10.1. The fourth-order valence-corrected chi connectivity index (χ4v) is 2.23. The van der Waals surface area contributed by atoms with E-state index in [-0.39, 0.29) is 5.97 Å². The highest BCUT2D eigenvalue weighted by molar-refractivity contribution is 7.07. The van der Waals surface area contributed by atoms with Crippen LogP contribution in [0.25, 0.3) is 0 Å². The molecule has 0 amide bonds. The lowest BCUT2D eigenvalue weighted by Crippen LogP contribution is -2.02. The highest BCUT2D eigenvalue weighted by Gasteiger charge is 2.04. The van der Waals surface area contributed by atoms with Gasteiger partial charge in [-0.15, -0.1) is 0 Å². The molecule has 0 fully saturated rings. The van der Waals surface area contributed by atoms with Crippen LogP contribution in [0.2, 0.25) is 0 Å². The molecule has 1 heterocycles. The molecule has 0 aliphatic heterocycles. The second-order valence-corrected chi connectivity index (χ2v) is 4.53. The van der Waals surface area contributed by atoms with Crippen molar-refractivity contribution in [1.82, 2.24) is 0 Å². The van der Waals surface area contributed by atoms with E-state index in [0.717, 1.165) is 12.2 Å². The Balaban J connectivity index is 1.85. The maximum atomic E-state index is 11.2. The van der Waals surface area contributed by atoms with E-state index in [4.69, 9.17) is 4.74 Å². The molecule has 3 nitrogen and oxygen atoms in total. The van der Waals surface area contributed by atoms with Gasteiger partial charge in [0.1, 0.15) is 5.75 Å². The summed E-state index contributed by atoms with van der Waals surface area (Å²) >= 11 is 1.69. The van der Waals surface area contributed by atoms with Crippen molar-refractivity contribution in [3.05, 3.63) is 52.2 Å². The number of methoxy groups -OCH3 is 1. The van der Waals surface area contributed by atoms with Crippen LogP contribution in [0.3, 0.4) is 0 Å². The summed E-state index contributed by atoms with van der Waals surface area (Å²) in [6, 6.07) is 9.05. The van der Waals surface area contributed by atoms with E-state index in [1.165, 1.54) is 12.7 Å². The molecular formula is C14H14O3S. The number of carbonyl (C=O) groups excluding carboxylic acids is 1. The van der Waals surface area contributed by atoms with Crippen molar-refractivity contribution in [1.29, 1.82) is 0 Å². The van der Waals surface area contributed by atoms with Gasteiger partial charge in [-0.25, -0.2) is 4.79 Å². The van der Waals surface area contributed by atoms with Gasteiger partial charge in [-0.1, -0.05) is 0 Å². The number of thiophene rings is 1. The van der Waals surface area contributed by atoms with Crippen molar-refractivity contribution in [2.75, 3.05) is 13.7 Å². The third-order valence-electron chi connectivity index (χ3n) is 2.51. The summed E-state index contributed by atoms with van der Waals surface area (Å²) in [5, 5.41) is 4.17. The number of ether oxygens (including phenoxy) is 2. The summed E-state index contributed by atoms with van der Waals surface area (Å²) in [4.78, 5) is 11.2. The zero-order valence-electron chi connectivity index (χ0n) is 10.1. The second-order valence-electron chi connectivity index (χ2n) is 3.75. The molecule has 0 bridgehead atoms. The van der Waals surface area contributed by atoms with Gasteiger partial charge in [-0.05, 0) is 46.7 Å². The van der Waals surface area contributed by atoms with Crippen molar-refractivity contribution < 1.29 is 14.3 Å². The first-order valence-corrected chi connectivity index (χ1v) is 6.56. The summed E-state index contributed by atoms with van der Waals surface area (Å²) < 4.78 is 10.2. The molecule has 0 saturated heterocycles. The van der Waals surface area contributed by atoms with Crippen LogP contribution < -0.4 is 4.74 Å². The Bertz CT molecular complexity index is 488. The predicted molar refractivity (Wildman–Crippen MR) is 71.3 cm³/mol. The molecule has 0 spiro atoms. The molecule has 1 aromatic heterocycles. The van der Waals surface area contributed by atoms with E-state index in [1.54, 1.807) is 35.6 Å². The van der Waals surface area contributed by atoms with Crippen LogP contribution in [0.15, 0.2) is 41.1 Å². The molecule has 0 unspecified atom stereocenters. The SMILES string of the molecule is COC(=O)c1ccc(OCCc2ccsc2)cc1. The molecular weight excluding hydrogens is 248 g/mol. The summed E-state index contributed by atoms with van der Waals surface area (Å²) in [7, 11) is 1.37. The van der Waals surface area contributed by atoms with Crippen LogP contribution in [0.4, 0.5) is 0 Å². The molecule has 0 N–H and O–H groups in total. The van der Waals surface area contributed by atoms with Gasteiger partial charge in [-0.2, -0.15) is 11.3 Å². The third-order valence-corrected chi connectivity index (χ3v) is 3.25. The standard InChI is InChI=1S/C14H14O3S/c1-16-14(15)12-2-4-13(5-3-12)17-8-6-11-7-9-18-10-11/h2-5,7,9-10H,6,8H2,1H3. The summed E-state index contributed by atoms with van der Waals surface area (Å²) in [5.41, 5.74) is 1.81.